The molecule has 0 aliphatic carbocycles. The second-order valence-corrected chi connectivity index (χ2v) is 7.61. The molecule has 0 bridgehead atoms. The number of benzene rings is 1. The molecular formula is C25H21N5O4. The van der Waals surface area contributed by atoms with Crippen molar-refractivity contribution in [1.29, 1.82) is 0 Å². The van der Waals surface area contributed by atoms with E-state index in [1.165, 1.54) is 14.2 Å². The van der Waals surface area contributed by atoms with Crippen LogP contribution in [-0.4, -0.2) is 44.9 Å². The van der Waals surface area contributed by atoms with Crippen molar-refractivity contribution in [2.45, 2.75) is 6.92 Å². The predicted octanol–water partition coefficient (Wildman–Crippen LogP) is 4.27. The maximum absolute atomic E-state index is 12.2. The largest absolute Gasteiger partial charge is 0.465 e. The average Bonchev–Trinajstić information content (AvgIpc) is 3.40. The highest BCUT2D eigenvalue weighted by Crippen LogP contribution is 2.34. The van der Waals surface area contributed by atoms with Crippen LogP contribution < -0.4 is 5.32 Å². The van der Waals surface area contributed by atoms with Crippen LogP contribution >= 0.6 is 0 Å². The van der Waals surface area contributed by atoms with Gasteiger partial charge in [-0.05, 0) is 49.4 Å². The molecule has 0 unspecified atom stereocenters. The minimum Gasteiger partial charge on any atom is -0.465 e. The lowest BCUT2D eigenvalue weighted by atomic mass is 10.2. The molecule has 5 rings (SSSR count). The number of nitrogens with one attached hydrogen (secondary N) is 1. The number of esters is 2. The zero-order chi connectivity index (χ0) is 23.8. The van der Waals surface area contributed by atoms with Crippen molar-refractivity contribution < 1.29 is 19.1 Å². The molecule has 170 valence electrons. The molecule has 0 radical (unpaired) electrons. The van der Waals surface area contributed by atoms with Gasteiger partial charge in [0.2, 0.25) is 0 Å². The van der Waals surface area contributed by atoms with Crippen molar-refractivity contribution in [3.63, 3.8) is 0 Å². The Morgan fingerprint density at radius 3 is 2.44 bits per heavy atom. The van der Waals surface area contributed by atoms with Gasteiger partial charge in [-0.3, -0.25) is 4.40 Å². The lowest BCUT2D eigenvalue weighted by Gasteiger charge is -2.10. The highest BCUT2D eigenvalue weighted by atomic mass is 16.5. The summed E-state index contributed by atoms with van der Waals surface area (Å²) in [6.07, 6.45) is 3.61. The summed E-state index contributed by atoms with van der Waals surface area (Å²) >= 11 is 0. The number of hydrogen-bond acceptors (Lipinski definition) is 7. The first-order valence-corrected chi connectivity index (χ1v) is 10.5. The highest BCUT2D eigenvalue weighted by Gasteiger charge is 2.21. The van der Waals surface area contributed by atoms with Gasteiger partial charge in [0.15, 0.2) is 0 Å². The Balaban J connectivity index is 1.73. The van der Waals surface area contributed by atoms with Crippen LogP contribution in [0.5, 0.6) is 0 Å². The SMILES string of the molecule is COC(=O)c1cccc(Nc2c(-c3nc(C)n4ccccc34)nc3ccc(C(=O)OC)cn23)c1. The molecule has 5 aromatic rings. The highest BCUT2D eigenvalue weighted by molar-refractivity contribution is 5.92. The number of methoxy groups -OCH3 is 2. The first kappa shape index (κ1) is 21.2. The van der Waals surface area contributed by atoms with Gasteiger partial charge < -0.3 is 19.2 Å². The normalized spacial score (nSPS) is 11.0. The lowest BCUT2D eigenvalue weighted by molar-refractivity contribution is 0.0591. The maximum Gasteiger partial charge on any atom is 0.339 e. The number of ether oxygens (including phenoxy) is 2. The average molecular weight is 455 g/mol. The summed E-state index contributed by atoms with van der Waals surface area (Å²) in [6.45, 7) is 1.93. The molecule has 34 heavy (non-hydrogen) atoms. The summed E-state index contributed by atoms with van der Waals surface area (Å²) < 4.78 is 13.5. The molecular weight excluding hydrogens is 434 g/mol. The lowest BCUT2D eigenvalue weighted by Crippen LogP contribution is -2.05. The first-order chi connectivity index (χ1) is 16.5. The Bertz CT molecular complexity index is 1570. The number of pyridine rings is 2. The van der Waals surface area contributed by atoms with Crippen LogP contribution in [0.3, 0.4) is 0 Å². The van der Waals surface area contributed by atoms with E-state index in [9.17, 15) is 9.59 Å². The third-order valence-electron chi connectivity index (χ3n) is 5.54. The topological polar surface area (TPSA) is 99.2 Å². The molecule has 9 nitrogen and oxygen atoms in total. The van der Waals surface area contributed by atoms with E-state index < -0.39 is 11.9 Å². The van der Waals surface area contributed by atoms with Gasteiger partial charge >= 0.3 is 11.9 Å². The summed E-state index contributed by atoms with van der Waals surface area (Å²) in [7, 11) is 2.68. The van der Waals surface area contributed by atoms with Gasteiger partial charge in [0, 0.05) is 18.1 Å². The minimum absolute atomic E-state index is 0.371. The number of rotatable bonds is 5. The van der Waals surface area contributed by atoms with Crippen molar-refractivity contribution in [3.05, 3.63) is 83.9 Å². The number of aryl methyl sites for hydroxylation is 1. The smallest absolute Gasteiger partial charge is 0.339 e. The maximum atomic E-state index is 12.2. The van der Waals surface area contributed by atoms with Gasteiger partial charge in [-0.25, -0.2) is 19.6 Å². The Hall–Kier alpha value is -4.66. The van der Waals surface area contributed by atoms with E-state index in [1.807, 2.05) is 41.8 Å². The van der Waals surface area contributed by atoms with E-state index in [2.05, 4.69) is 5.32 Å². The molecule has 0 aliphatic heterocycles. The fourth-order valence-corrected chi connectivity index (χ4v) is 3.91. The molecule has 0 aliphatic rings. The summed E-state index contributed by atoms with van der Waals surface area (Å²) in [4.78, 5) is 33.8. The Morgan fingerprint density at radius 1 is 0.853 bits per heavy atom. The molecule has 1 N–H and O–H groups in total. The zero-order valence-electron chi connectivity index (χ0n) is 18.8. The van der Waals surface area contributed by atoms with Gasteiger partial charge in [-0.15, -0.1) is 0 Å². The number of fused-ring (bicyclic) bond motifs is 2. The Morgan fingerprint density at radius 2 is 1.65 bits per heavy atom. The fourth-order valence-electron chi connectivity index (χ4n) is 3.91. The van der Waals surface area contributed by atoms with Gasteiger partial charge in [-0.1, -0.05) is 12.1 Å². The Kier molecular flexibility index (Phi) is 5.21. The quantitative estimate of drug-likeness (QED) is 0.395. The summed E-state index contributed by atoms with van der Waals surface area (Å²) in [5.74, 6) is 0.507. The first-order valence-electron chi connectivity index (χ1n) is 10.5. The third kappa shape index (κ3) is 3.53. The molecule has 1 aromatic carbocycles. The van der Waals surface area contributed by atoms with E-state index in [1.54, 1.807) is 40.9 Å². The molecule has 0 fully saturated rings. The number of carbonyl (C=O) groups is 2. The van der Waals surface area contributed by atoms with E-state index in [0.717, 1.165) is 11.3 Å². The summed E-state index contributed by atoms with van der Waals surface area (Å²) in [5.41, 5.74) is 4.22. The molecule has 0 atom stereocenters. The molecule has 0 spiro atoms. The minimum atomic E-state index is -0.459. The molecule has 9 heteroatoms. The van der Waals surface area contributed by atoms with Crippen LogP contribution in [0.15, 0.2) is 67.0 Å². The second kappa shape index (κ2) is 8.36. The van der Waals surface area contributed by atoms with Crippen molar-refractivity contribution in [2.24, 2.45) is 0 Å². The van der Waals surface area contributed by atoms with E-state index in [4.69, 9.17) is 19.4 Å². The number of hydrogen-bond donors (Lipinski definition) is 1. The van der Waals surface area contributed by atoms with Crippen molar-refractivity contribution >= 4 is 34.6 Å². The van der Waals surface area contributed by atoms with E-state index >= 15 is 0 Å². The summed E-state index contributed by atoms with van der Waals surface area (Å²) in [6, 6.07) is 16.2. The zero-order valence-corrected chi connectivity index (χ0v) is 18.8. The molecule has 0 saturated heterocycles. The molecule has 4 aromatic heterocycles. The monoisotopic (exact) mass is 455 g/mol. The number of imidazole rings is 2. The number of carbonyl (C=O) groups excluding carboxylic acids is 2. The number of nitrogens with zero attached hydrogens (tertiary/aromatic N) is 4. The Labute approximate surface area is 194 Å². The van der Waals surface area contributed by atoms with Gasteiger partial charge in [-0.2, -0.15) is 0 Å². The van der Waals surface area contributed by atoms with Crippen LogP contribution in [0, 0.1) is 6.92 Å². The van der Waals surface area contributed by atoms with Crippen LogP contribution in [0.25, 0.3) is 22.6 Å². The van der Waals surface area contributed by atoms with Gasteiger partial charge in [0.25, 0.3) is 0 Å². The molecule has 4 heterocycles. The van der Waals surface area contributed by atoms with Crippen LogP contribution in [0.4, 0.5) is 11.5 Å². The summed E-state index contributed by atoms with van der Waals surface area (Å²) in [5, 5.41) is 3.36. The molecule has 0 saturated carbocycles. The number of anilines is 2. The number of aromatic nitrogens is 4. The molecule has 0 amide bonds. The van der Waals surface area contributed by atoms with Crippen LogP contribution in [-0.2, 0) is 9.47 Å². The van der Waals surface area contributed by atoms with E-state index in [-0.39, 0.29) is 0 Å². The van der Waals surface area contributed by atoms with Gasteiger partial charge in [0.05, 0.1) is 30.9 Å². The van der Waals surface area contributed by atoms with Crippen molar-refractivity contribution in [2.75, 3.05) is 19.5 Å². The standard InChI is InChI=1S/C25H21N5O4/c1-15-26-21(19-9-4-5-12-29(15)19)22-23(27-18-8-6-7-16(13-18)24(31)33-2)30-14-17(25(32)34-3)10-11-20(30)28-22/h4-14,27H,1-3H3. The van der Waals surface area contributed by atoms with Crippen LogP contribution in [0.1, 0.15) is 26.5 Å². The van der Waals surface area contributed by atoms with Gasteiger partial charge in [0.1, 0.15) is 28.7 Å². The van der Waals surface area contributed by atoms with Crippen LogP contribution in [0.2, 0.25) is 0 Å². The van der Waals surface area contributed by atoms with E-state index in [0.29, 0.717) is 39.7 Å². The predicted molar refractivity (Wildman–Crippen MR) is 127 cm³/mol. The third-order valence-corrected chi connectivity index (χ3v) is 5.54. The van der Waals surface area contributed by atoms with Crippen molar-refractivity contribution in [3.8, 4) is 11.4 Å². The second-order valence-electron chi connectivity index (χ2n) is 7.61. The van der Waals surface area contributed by atoms with Crippen molar-refractivity contribution in [1.82, 2.24) is 18.8 Å². The fraction of sp³-hybridized carbons (Fsp3) is 0.120.